The molecule has 84 valence electrons. The number of esters is 2. The van der Waals surface area contributed by atoms with Gasteiger partial charge in [-0.2, -0.15) is 0 Å². The lowest BCUT2D eigenvalue weighted by molar-refractivity contribution is -0.143. The minimum Gasteiger partial charge on any atom is -0.460 e. The van der Waals surface area contributed by atoms with Crippen LogP contribution in [0.1, 0.15) is 13.8 Å². The fraction of sp³-hybridized carbons (Fsp3) is 0.600. The van der Waals surface area contributed by atoms with Crippen molar-refractivity contribution in [2.24, 2.45) is 0 Å². The molecule has 5 heteroatoms. The van der Waals surface area contributed by atoms with E-state index < -0.39 is 11.9 Å². The number of carbonyl (C=O) groups excluding carboxylic acids is 2. The van der Waals surface area contributed by atoms with Gasteiger partial charge in [0.25, 0.3) is 0 Å². The van der Waals surface area contributed by atoms with Crippen molar-refractivity contribution in [3.8, 4) is 0 Å². The predicted octanol–water partition coefficient (Wildman–Crippen LogP) is 0.436. The van der Waals surface area contributed by atoms with Crippen molar-refractivity contribution in [3.63, 3.8) is 0 Å². The highest BCUT2D eigenvalue weighted by atomic mass is 16.6. The van der Waals surface area contributed by atoms with Crippen molar-refractivity contribution in [3.05, 3.63) is 12.2 Å². The maximum Gasteiger partial charge on any atom is 0.331 e. The average molecular weight is 214 g/mol. The molecule has 1 unspecified atom stereocenters. The summed E-state index contributed by atoms with van der Waals surface area (Å²) in [6.07, 6.45) is 1.94. The summed E-state index contributed by atoms with van der Waals surface area (Å²) in [5, 5.41) is 0. The van der Waals surface area contributed by atoms with Gasteiger partial charge < -0.3 is 14.2 Å². The lowest BCUT2D eigenvalue weighted by atomic mass is 10.4. The van der Waals surface area contributed by atoms with Crippen LogP contribution in [0.2, 0.25) is 0 Å². The number of ether oxygens (including phenoxy) is 3. The Morgan fingerprint density at radius 1 is 1.40 bits per heavy atom. The van der Waals surface area contributed by atoms with Crippen LogP contribution >= 0.6 is 0 Å². The van der Waals surface area contributed by atoms with Gasteiger partial charge in [-0.05, 0) is 13.8 Å². The van der Waals surface area contributed by atoms with Gasteiger partial charge in [-0.3, -0.25) is 0 Å². The zero-order valence-electron chi connectivity index (χ0n) is 8.76. The van der Waals surface area contributed by atoms with Gasteiger partial charge in [-0.15, -0.1) is 0 Å². The van der Waals surface area contributed by atoms with E-state index in [1.165, 1.54) is 0 Å². The number of hydrogen-bond acceptors (Lipinski definition) is 5. The molecule has 1 heterocycles. The van der Waals surface area contributed by atoms with Crippen LogP contribution < -0.4 is 0 Å². The summed E-state index contributed by atoms with van der Waals surface area (Å²) in [5.74, 6) is -1.11. The van der Waals surface area contributed by atoms with Gasteiger partial charge >= 0.3 is 11.9 Å². The lowest BCUT2D eigenvalue weighted by Crippen LogP contribution is -2.10. The van der Waals surface area contributed by atoms with Crippen LogP contribution in [0.5, 0.6) is 0 Å². The first-order valence-corrected chi connectivity index (χ1v) is 4.75. The van der Waals surface area contributed by atoms with E-state index in [-0.39, 0.29) is 18.8 Å². The van der Waals surface area contributed by atoms with Gasteiger partial charge in [0.05, 0.1) is 12.7 Å². The molecule has 15 heavy (non-hydrogen) atoms. The van der Waals surface area contributed by atoms with Crippen LogP contribution in [0.4, 0.5) is 0 Å². The molecule has 0 spiro atoms. The second-order valence-corrected chi connectivity index (χ2v) is 3.40. The maximum absolute atomic E-state index is 11.0. The van der Waals surface area contributed by atoms with E-state index in [0.717, 1.165) is 12.2 Å². The summed E-state index contributed by atoms with van der Waals surface area (Å²) in [7, 11) is 0. The second-order valence-electron chi connectivity index (χ2n) is 3.40. The molecule has 0 aromatic heterocycles. The Kier molecular flexibility index (Phi) is 4.30. The first-order valence-electron chi connectivity index (χ1n) is 4.75. The molecular formula is C10H14O5. The van der Waals surface area contributed by atoms with Gasteiger partial charge in [0, 0.05) is 12.2 Å². The second kappa shape index (κ2) is 5.50. The molecule has 0 N–H and O–H groups in total. The van der Waals surface area contributed by atoms with E-state index >= 15 is 0 Å². The monoisotopic (exact) mass is 214 g/mol. The molecule has 1 atom stereocenters. The van der Waals surface area contributed by atoms with Gasteiger partial charge in [0.1, 0.15) is 12.7 Å². The largest absolute Gasteiger partial charge is 0.460 e. The average Bonchev–Trinajstić information content (AvgIpc) is 2.93. The molecule has 0 aromatic carbocycles. The van der Waals surface area contributed by atoms with Crippen molar-refractivity contribution in [2.45, 2.75) is 26.1 Å². The quantitative estimate of drug-likeness (QED) is 0.377. The zero-order chi connectivity index (χ0) is 11.3. The van der Waals surface area contributed by atoms with E-state index in [4.69, 9.17) is 14.2 Å². The van der Waals surface area contributed by atoms with E-state index in [2.05, 4.69) is 0 Å². The Hall–Kier alpha value is -1.36. The third kappa shape index (κ3) is 5.85. The highest BCUT2D eigenvalue weighted by Gasteiger charge is 2.23. The fourth-order valence-electron chi connectivity index (χ4n) is 0.795. The first-order chi connectivity index (χ1) is 7.08. The third-order valence-corrected chi connectivity index (χ3v) is 1.52. The van der Waals surface area contributed by atoms with Crippen LogP contribution in [0.25, 0.3) is 0 Å². The molecular weight excluding hydrogens is 200 g/mol. The summed E-state index contributed by atoms with van der Waals surface area (Å²) in [4.78, 5) is 22.0. The standard InChI is InChI=1S/C10H14O5/c1-7(2)15-10(12)4-3-9(11)14-6-8-5-13-8/h3-4,7-8H,5-6H2,1-2H3/b4-3-. The van der Waals surface area contributed by atoms with Crippen molar-refractivity contribution >= 4 is 11.9 Å². The lowest BCUT2D eigenvalue weighted by Gasteiger charge is -2.03. The van der Waals surface area contributed by atoms with Crippen molar-refractivity contribution in [2.75, 3.05) is 13.2 Å². The molecule has 0 aliphatic carbocycles. The SMILES string of the molecule is CC(C)OC(=O)/C=C\C(=O)OCC1CO1. The van der Waals surface area contributed by atoms with Gasteiger partial charge in [0.2, 0.25) is 0 Å². The van der Waals surface area contributed by atoms with E-state index in [0.29, 0.717) is 6.61 Å². The van der Waals surface area contributed by atoms with Crippen LogP contribution in [0.15, 0.2) is 12.2 Å². The normalized spacial score (nSPS) is 19.3. The molecule has 0 saturated carbocycles. The predicted molar refractivity (Wildman–Crippen MR) is 51.1 cm³/mol. The molecule has 5 nitrogen and oxygen atoms in total. The third-order valence-electron chi connectivity index (χ3n) is 1.52. The van der Waals surface area contributed by atoms with E-state index in [1.54, 1.807) is 13.8 Å². The summed E-state index contributed by atoms with van der Waals surface area (Å²) in [6, 6.07) is 0. The highest BCUT2D eigenvalue weighted by Crippen LogP contribution is 2.08. The first kappa shape index (κ1) is 11.7. The number of carbonyl (C=O) groups is 2. The molecule has 0 radical (unpaired) electrons. The molecule has 0 aromatic rings. The van der Waals surface area contributed by atoms with E-state index in [9.17, 15) is 9.59 Å². The van der Waals surface area contributed by atoms with Crippen LogP contribution in [-0.4, -0.2) is 37.4 Å². The summed E-state index contributed by atoms with van der Waals surface area (Å²) >= 11 is 0. The summed E-state index contributed by atoms with van der Waals surface area (Å²) < 4.78 is 14.4. The molecule has 1 fully saturated rings. The van der Waals surface area contributed by atoms with Gasteiger partial charge in [0.15, 0.2) is 0 Å². The molecule has 1 aliphatic heterocycles. The number of epoxide rings is 1. The van der Waals surface area contributed by atoms with Crippen molar-refractivity contribution < 1.29 is 23.8 Å². The molecule has 0 bridgehead atoms. The Morgan fingerprint density at radius 2 is 2.00 bits per heavy atom. The number of hydrogen-bond donors (Lipinski definition) is 0. The molecule has 1 aliphatic rings. The Balaban J connectivity index is 2.16. The smallest absolute Gasteiger partial charge is 0.331 e. The van der Waals surface area contributed by atoms with Gasteiger partial charge in [-0.1, -0.05) is 0 Å². The van der Waals surface area contributed by atoms with Gasteiger partial charge in [-0.25, -0.2) is 9.59 Å². The number of rotatable bonds is 5. The highest BCUT2D eigenvalue weighted by molar-refractivity contribution is 5.91. The minimum atomic E-state index is -0.564. The van der Waals surface area contributed by atoms with Crippen LogP contribution in [-0.2, 0) is 23.8 Å². The Bertz CT molecular complexity index is 265. The Labute approximate surface area is 88.0 Å². The molecule has 1 rings (SSSR count). The van der Waals surface area contributed by atoms with Crippen molar-refractivity contribution in [1.29, 1.82) is 0 Å². The van der Waals surface area contributed by atoms with Crippen LogP contribution in [0, 0.1) is 0 Å². The van der Waals surface area contributed by atoms with E-state index in [1.807, 2.05) is 0 Å². The fourth-order valence-corrected chi connectivity index (χ4v) is 0.795. The zero-order valence-corrected chi connectivity index (χ0v) is 8.76. The summed E-state index contributed by atoms with van der Waals surface area (Å²) in [5.41, 5.74) is 0. The van der Waals surface area contributed by atoms with Crippen molar-refractivity contribution in [1.82, 2.24) is 0 Å². The maximum atomic E-state index is 11.0. The topological polar surface area (TPSA) is 65.1 Å². The van der Waals surface area contributed by atoms with Crippen LogP contribution in [0.3, 0.4) is 0 Å². The molecule has 1 saturated heterocycles. The minimum absolute atomic E-state index is 0.0324. The summed E-state index contributed by atoms with van der Waals surface area (Å²) in [6.45, 7) is 4.33. The molecule has 0 amide bonds. The Morgan fingerprint density at radius 3 is 2.53 bits per heavy atom.